The van der Waals surface area contributed by atoms with Gasteiger partial charge in [0.05, 0.1) is 11.0 Å². The van der Waals surface area contributed by atoms with Gasteiger partial charge in [-0.05, 0) is 27.2 Å². The van der Waals surface area contributed by atoms with Crippen LogP contribution in [0.4, 0.5) is 0 Å². The summed E-state index contributed by atoms with van der Waals surface area (Å²) in [4.78, 5) is 23.4. The molecule has 0 bridgehead atoms. The number of aromatic nitrogens is 2. The molecule has 1 atom stereocenters. The number of hydrogen-bond acceptors (Lipinski definition) is 7. The maximum Gasteiger partial charge on any atom is 0.233 e. The first kappa shape index (κ1) is 19.2. The summed E-state index contributed by atoms with van der Waals surface area (Å²) in [6.07, 6.45) is 0.923. The summed E-state index contributed by atoms with van der Waals surface area (Å²) in [5.41, 5.74) is 0. The van der Waals surface area contributed by atoms with Crippen LogP contribution in [0.15, 0.2) is 8.68 Å². The van der Waals surface area contributed by atoms with Gasteiger partial charge in [0.1, 0.15) is 0 Å². The summed E-state index contributed by atoms with van der Waals surface area (Å²) in [5.74, 6) is 0.326. The lowest BCUT2D eigenvalue weighted by Crippen LogP contribution is -2.35. The van der Waals surface area contributed by atoms with Crippen molar-refractivity contribution in [3.8, 4) is 0 Å². The lowest BCUT2D eigenvalue weighted by atomic mass is 10.3. The zero-order chi connectivity index (χ0) is 16.5. The molecule has 0 unspecified atom stereocenters. The fourth-order valence-corrected chi connectivity index (χ4v) is 4.36. The molecule has 0 aliphatic carbocycles. The van der Waals surface area contributed by atoms with Crippen molar-refractivity contribution in [1.82, 2.24) is 20.8 Å². The van der Waals surface area contributed by atoms with E-state index >= 15 is 0 Å². The second-order valence-corrected chi connectivity index (χ2v) is 8.68. The Hall–Kier alpha value is -0.800. The lowest BCUT2D eigenvalue weighted by molar-refractivity contribution is -0.121. The highest BCUT2D eigenvalue weighted by atomic mass is 32.2. The van der Waals surface area contributed by atoms with E-state index in [1.54, 1.807) is 0 Å². The lowest BCUT2D eigenvalue weighted by Gasteiger charge is -2.12. The van der Waals surface area contributed by atoms with Crippen molar-refractivity contribution in [1.29, 1.82) is 0 Å². The Morgan fingerprint density at radius 2 is 1.91 bits per heavy atom. The molecule has 1 aromatic rings. The summed E-state index contributed by atoms with van der Waals surface area (Å²) < 4.78 is 1.48. The minimum Gasteiger partial charge on any atom is -0.355 e. The molecule has 1 heterocycles. The molecule has 6 nitrogen and oxygen atoms in total. The predicted molar refractivity (Wildman–Crippen MR) is 92.5 cm³/mol. The average Bonchev–Trinajstić information content (AvgIpc) is 2.89. The van der Waals surface area contributed by atoms with Crippen molar-refractivity contribution in [2.24, 2.45) is 0 Å². The molecule has 0 aliphatic heterocycles. The molecule has 22 heavy (non-hydrogen) atoms. The Balaban J connectivity index is 2.40. The Bertz CT molecular complexity index is 493. The molecule has 1 rings (SSSR count). The van der Waals surface area contributed by atoms with E-state index in [9.17, 15) is 9.59 Å². The Labute approximate surface area is 143 Å². The maximum absolute atomic E-state index is 11.8. The van der Waals surface area contributed by atoms with E-state index in [0.717, 1.165) is 15.1 Å². The molecule has 0 fully saturated rings. The molecule has 0 spiro atoms. The van der Waals surface area contributed by atoms with Gasteiger partial charge in [-0.3, -0.25) is 9.59 Å². The topological polar surface area (TPSA) is 84.0 Å². The third kappa shape index (κ3) is 7.46. The van der Waals surface area contributed by atoms with Crippen LogP contribution in [0.1, 0.15) is 34.1 Å². The average molecular weight is 363 g/mol. The van der Waals surface area contributed by atoms with Gasteiger partial charge in [-0.1, -0.05) is 41.8 Å². The Morgan fingerprint density at radius 1 is 1.23 bits per heavy atom. The highest BCUT2D eigenvalue weighted by Gasteiger charge is 2.18. The second kappa shape index (κ2) is 10.1. The van der Waals surface area contributed by atoms with Crippen molar-refractivity contribution in [3.63, 3.8) is 0 Å². The number of carbonyl (C=O) groups is 2. The minimum absolute atomic E-state index is 0.000863. The van der Waals surface area contributed by atoms with Gasteiger partial charge < -0.3 is 10.6 Å². The molecular weight excluding hydrogens is 340 g/mol. The van der Waals surface area contributed by atoms with E-state index < -0.39 is 0 Å². The first-order valence-electron chi connectivity index (χ1n) is 7.12. The zero-order valence-electron chi connectivity index (χ0n) is 13.2. The molecule has 2 N–H and O–H groups in total. The summed E-state index contributed by atoms with van der Waals surface area (Å²) in [7, 11) is 0. The van der Waals surface area contributed by atoms with Crippen LogP contribution in [0.2, 0.25) is 0 Å². The number of rotatable bonds is 9. The number of nitrogens with one attached hydrogen (secondary N) is 2. The number of carbonyl (C=O) groups excluding carboxylic acids is 2. The van der Waals surface area contributed by atoms with E-state index in [1.807, 2.05) is 27.7 Å². The van der Waals surface area contributed by atoms with Crippen LogP contribution >= 0.6 is 34.9 Å². The minimum atomic E-state index is -0.221. The summed E-state index contributed by atoms with van der Waals surface area (Å²) >= 11 is 4.15. The zero-order valence-corrected chi connectivity index (χ0v) is 15.7. The molecule has 9 heteroatoms. The molecule has 2 amide bonds. The predicted octanol–water partition coefficient (Wildman–Crippen LogP) is 2.16. The van der Waals surface area contributed by atoms with Gasteiger partial charge in [0.25, 0.3) is 0 Å². The van der Waals surface area contributed by atoms with E-state index in [1.165, 1.54) is 34.9 Å². The van der Waals surface area contributed by atoms with Crippen molar-refractivity contribution in [3.05, 3.63) is 0 Å². The third-order valence-corrected chi connectivity index (χ3v) is 5.61. The standard InChI is InChI=1S/C13H22N4O2S3/c1-5-6-14-10(18)7-20-12-16-17-13(22-12)21-9(4)11(19)15-8(2)3/h8-9H,5-7H2,1-4H3,(H,14,18)(H,15,19)/t9-/m1/s1. The fraction of sp³-hybridized carbons (Fsp3) is 0.692. The Morgan fingerprint density at radius 3 is 2.55 bits per heavy atom. The van der Waals surface area contributed by atoms with Gasteiger partial charge in [0.15, 0.2) is 8.68 Å². The quantitative estimate of drug-likeness (QED) is 0.655. The largest absolute Gasteiger partial charge is 0.355 e. The second-order valence-electron chi connectivity index (χ2n) is 4.90. The number of nitrogens with zero attached hydrogens (tertiary/aromatic N) is 2. The number of hydrogen-bond donors (Lipinski definition) is 2. The molecule has 0 aromatic carbocycles. The normalized spacial score (nSPS) is 12.2. The fourth-order valence-electron chi connectivity index (χ4n) is 1.35. The van der Waals surface area contributed by atoms with Crippen LogP contribution in [-0.2, 0) is 9.59 Å². The van der Waals surface area contributed by atoms with Gasteiger partial charge in [0, 0.05) is 12.6 Å². The van der Waals surface area contributed by atoms with Gasteiger partial charge in [-0.25, -0.2) is 0 Å². The van der Waals surface area contributed by atoms with Crippen LogP contribution in [0.25, 0.3) is 0 Å². The molecule has 1 aromatic heterocycles. The molecule has 0 aliphatic rings. The number of amides is 2. The first-order chi connectivity index (χ1) is 10.4. The van der Waals surface area contributed by atoms with Crippen LogP contribution in [-0.4, -0.2) is 45.6 Å². The van der Waals surface area contributed by atoms with E-state index in [0.29, 0.717) is 12.3 Å². The van der Waals surface area contributed by atoms with E-state index in [-0.39, 0.29) is 23.1 Å². The number of thioether (sulfide) groups is 2. The monoisotopic (exact) mass is 362 g/mol. The maximum atomic E-state index is 11.8. The SMILES string of the molecule is CCCNC(=O)CSc1nnc(S[C@H](C)C(=O)NC(C)C)s1. The van der Waals surface area contributed by atoms with Gasteiger partial charge >= 0.3 is 0 Å². The van der Waals surface area contributed by atoms with Crippen LogP contribution in [0.5, 0.6) is 0 Å². The van der Waals surface area contributed by atoms with Gasteiger partial charge in [-0.15, -0.1) is 10.2 Å². The van der Waals surface area contributed by atoms with Gasteiger partial charge in [-0.2, -0.15) is 0 Å². The van der Waals surface area contributed by atoms with Gasteiger partial charge in [0.2, 0.25) is 11.8 Å². The molecule has 0 saturated carbocycles. The first-order valence-corrected chi connectivity index (χ1v) is 9.80. The third-order valence-electron chi connectivity index (χ3n) is 2.36. The van der Waals surface area contributed by atoms with Crippen LogP contribution in [0.3, 0.4) is 0 Å². The molecular formula is C13H22N4O2S3. The molecule has 0 radical (unpaired) electrons. The van der Waals surface area contributed by atoms with Crippen molar-refractivity contribution >= 4 is 46.7 Å². The molecule has 124 valence electrons. The van der Waals surface area contributed by atoms with E-state index in [2.05, 4.69) is 20.8 Å². The highest BCUT2D eigenvalue weighted by molar-refractivity contribution is 8.04. The smallest absolute Gasteiger partial charge is 0.233 e. The van der Waals surface area contributed by atoms with Crippen molar-refractivity contribution < 1.29 is 9.59 Å². The summed E-state index contributed by atoms with van der Waals surface area (Å²) in [6, 6.07) is 0.123. The molecule has 0 saturated heterocycles. The summed E-state index contributed by atoms with van der Waals surface area (Å²) in [5, 5.41) is 13.6. The van der Waals surface area contributed by atoms with Crippen molar-refractivity contribution in [2.75, 3.05) is 12.3 Å². The Kier molecular flexibility index (Phi) is 8.81. The summed E-state index contributed by atoms with van der Waals surface area (Å²) in [6.45, 7) is 8.41. The van der Waals surface area contributed by atoms with Crippen LogP contribution < -0.4 is 10.6 Å². The highest BCUT2D eigenvalue weighted by Crippen LogP contribution is 2.31. The van der Waals surface area contributed by atoms with Crippen molar-refractivity contribution in [2.45, 2.75) is 54.1 Å². The van der Waals surface area contributed by atoms with E-state index in [4.69, 9.17) is 0 Å². The van der Waals surface area contributed by atoms with Crippen LogP contribution in [0, 0.1) is 0 Å².